The normalized spacial score (nSPS) is 11.8. The Labute approximate surface area is 320 Å². The maximum Gasteiger partial charge on any atom is 2.00 e. The van der Waals surface area contributed by atoms with Crippen LogP contribution in [0, 0.1) is 6.07 Å². The van der Waals surface area contributed by atoms with Crippen LogP contribution >= 0.6 is 7.92 Å². The van der Waals surface area contributed by atoms with Crippen molar-refractivity contribution >= 4 is 29.0 Å². The first-order valence-corrected chi connectivity index (χ1v) is 20.5. The van der Waals surface area contributed by atoms with Gasteiger partial charge in [0.05, 0.1) is 10.1 Å². The summed E-state index contributed by atoms with van der Waals surface area (Å²) in [5.74, 6) is 1.55. The summed E-state index contributed by atoms with van der Waals surface area (Å²) in [5.41, 5.74) is 10.9. The molecule has 0 spiro atoms. The molecular formula is C43H60NO3PPdS. The number of nitrogens with one attached hydrogen (secondary N) is 1. The van der Waals surface area contributed by atoms with Gasteiger partial charge < -0.3 is 9.87 Å². The number of hydrogen-bond donors (Lipinski definition) is 1. The third-order valence-electron chi connectivity index (χ3n) is 8.08. The van der Waals surface area contributed by atoms with Gasteiger partial charge >= 0.3 is 20.4 Å². The van der Waals surface area contributed by atoms with Crippen LogP contribution < -0.4 is 10.6 Å². The molecule has 4 aromatic rings. The Morgan fingerprint density at radius 3 is 1.54 bits per heavy atom. The standard InChI is InChI=1S/C29H45P.C13H12N.CH4O3S.Pd/c1-19(2)22-17-24(20(3)4)27(25(18-22)21(5)6)23-15-13-14-16-26(23)30(28(7,8)9)29(10,11)12;1-14-13-10-6-5-9-12(13)11-7-3-2-4-8-11;1-5(2,3)4;/h13-21H,1-12H3;2-7,9-10,14H,1H3;1H3,(H,2,3,4);/q;-1;;+2/p-1. The van der Waals surface area contributed by atoms with Crippen molar-refractivity contribution in [2.75, 3.05) is 18.6 Å². The van der Waals surface area contributed by atoms with Crippen LogP contribution in [0.3, 0.4) is 0 Å². The molecule has 0 unspecified atom stereocenters. The number of hydrogen-bond acceptors (Lipinski definition) is 4. The Hall–Kier alpha value is -2.32. The summed E-state index contributed by atoms with van der Waals surface area (Å²) in [4.78, 5) is 0. The summed E-state index contributed by atoms with van der Waals surface area (Å²) in [6, 6.07) is 33.7. The minimum atomic E-state index is -3.92. The van der Waals surface area contributed by atoms with Crippen LogP contribution in [0.5, 0.6) is 0 Å². The average molecular weight is 808 g/mol. The summed E-state index contributed by atoms with van der Waals surface area (Å²) in [5, 5.41) is 5.23. The zero-order valence-corrected chi connectivity index (χ0v) is 36.0. The third kappa shape index (κ3) is 13.7. The topological polar surface area (TPSA) is 69.2 Å². The second-order valence-electron chi connectivity index (χ2n) is 15.5. The average Bonchev–Trinajstić information content (AvgIpc) is 2.99. The van der Waals surface area contributed by atoms with E-state index >= 15 is 0 Å². The molecule has 0 saturated heterocycles. The third-order valence-corrected chi connectivity index (χ3v) is 11.6. The Morgan fingerprint density at radius 1 is 0.700 bits per heavy atom. The quantitative estimate of drug-likeness (QED) is 0.0874. The molecule has 0 radical (unpaired) electrons. The van der Waals surface area contributed by atoms with Gasteiger partial charge in [0, 0.05) is 13.3 Å². The molecule has 0 aliphatic carbocycles. The van der Waals surface area contributed by atoms with Crippen molar-refractivity contribution in [2.24, 2.45) is 0 Å². The molecule has 4 aromatic carbocycles. The van der Waals surface area contributed by atoms with Gasteiger partial charge in [0.1, 0.15) is 0 Å². The van der Waals surface area contributed by atoms with Gasteiger partial charge in [0.25, 0.3) is 0 Å². The molecule has 4 nitrogen and oxygen atoms in total. The smallest absolute Gasteiger partial charge is 0.748 e. The predicted molar refractivity (Wildman–Crippen MR) is 216 cm³/mol. The number of para-hydroxylation sites is 1. The minimum absolute atomic E-state index is 0. The number of rotatable bonds is 7. The molecule has 50 heavy (non-hydrogen) atoms. The van der Waals surface area contributed by atoms with E-state index < -0.39 is 10.1 Å². The fourth-order valence-electron chi connectivity index (χ4n) is 6.37. The van der Waals surface area contributed by atoms with Gasteiger partial charge in [-0.15, -0.1) is 35.9 Å². The van der Waals surface area contributed by atoms with Crippen molar-refractivity contribution < 1.29 is 33.4 Å². The van der Waals surface area contributed by atoms with Crippen molar-refractivity contribution in [3.05, 3.63) is 108 Å². The van der Waals surface area contributed by atoms with Gasteiger partial charge in [-0.05, 0) is 72.9 Å². The Bertz CT molecular complexity index is 1690. The van der Waals surface area contributed by atoms with Crippen molar-refractivity contribution in [1.29, 1.82) is 0 Å². The summed E-state index contributed by atoms with van der Waals surface area (Å²) in [6.07, 6.45) is 0.604. The molecule has 7 heteroatoms. The van der Waals surface area contributed by atoms with E-state index in [4.69, 9.17) is 13.0 Å². The van der Waals surface area contributed by atoms with E-state index in [-0.39, 0.29) is 38.7 Å². The molecule has 0 aromatic heterocycles. The van der Waals surface area contributed by atoms with Gasteiger partial charge in [-0.2, -0.15) is 0 Å². The van der Waals surface area contributed by atoms with E-state index in [9.17, 15) is 0 Å². The summed E-state index contributed by atoms with van der Waals surface area (Å²) >= 11 is 0. The second-order valence-corrected chi connectivity index (χ2v) is 20.8. The monoisotopic (exact) mass is 807 g/mol. The Balaban J connectivity index is 0.000000514. The van der Waals surface area contributed by atoms with Crippen LogP contribution in [-0.4, -0.2) is 36.6 Å². The SMILES string of the molecule is CC(C)c1cc(C(C)C)c(-c2ccccc2P(C(C)(C)C)C(C)(C)C)c(C(C)C)c1.CNc1ccccc1-c1[c-]cccc1.CS(=O)(=O)[O-].[Pd+2]. The zero-order chi connectivity index (χ0) is 37.3. The number of anilines is 1. The first kappa shape index (κ1) is 45.7. The molecule has 0 atom stereocenters. The van der Waals surface area contributed by atoms with Gasteiger partial charge in [-0.1, -0.05) is 151 Å². The first-order chi connectivity index (χ1) is 22.6. The van der Waals surface area contributed by atoms with Crippen LogP contribution in [-0.2, 0) is 30.5 Å². The largest absolute Gasteiger partial charge is 2.00 e. The molecule has 0 amide bonds. The molecule has 0 bridgehead atoms. The van der Waals surface area contributed by atoms with Crippen molar-refractivity contribution in [2.45, 2.75) is 111 Å². The minimum Gasteiger partial charge on any atom is -0.748 e. The van der Waals surface area contributed by atoms with E-state index in [1.54, 1.807) is 5.30 Å². The van der Waals surface area contributed by atoms with Crippen LogP contribution in [0.1, 0.15) is 118 Å². The van der Waals surface area contributed by atoms with Gasteiger partial charge in [-0.3, -0.25) is 0 Å². The fourth-order valence-corrected chi connectivity index (χ4v) is 10.5. The summed E-state index contributed by atoms with van der Waals surface area (Å²) in [6.45, 7) is 28.6. The van der Waals surface area contributed by atoms with Crippen LogP contribution in [0.15, 0.2) is 84.9 Å². The van der Waals surface area contributed by atoms with E-state index in [2.05, 4.69) is 149 Å². The zero-order valence-electron chi connectivity index (χ0n) is 32.7. The maximum absolute atomic E-state index is 9.08. The molecule has 276 valence electrons. The fraction of sp³-hybridized carbons (Fsp3) is 0.442. The predicted octanol–water partition coefficient (Wildman–Crippen LogP) is 11.8. The van der Waals surface area contributed by atoms with E-state index in [0.29, 0.717) is 24.0 Å². The molecule has 0 saturated carbocycles. The van der Waals surface area contributed by atoms with Crippen molar-refractivity contribution in [1.82, 2.24) is 0 Å². The van der Waals surface area contributed by atoms with Gasteiger partial charge in [-0.25, -0.2) is 8.42 Å². The molecule has 1 N–H and O–H groups in total. The van der Waals surface area contributed by atoms with Crippen molar-refractivity contribution in [3.8, 4) is 22.3 Å². The van der Waals surface area contributed by atoms with Gasteiger partial charge in [0.15, 0.2) is 0 Å². The van der Waals surface area contributed by atoms with Crippen LogP contribution in [0.4, 0.5) is 5.69 Å². The Kier molecular flexibility index (Phi) is 17.8. The molecule has 0 fully saturated rings. The van der Waals surface area contributed by atoms with E-state index in [0.717, 1.165) is 11.3 Å². The summed E-state index contributed by atoms with van der Waals surface area (Å²) in [7, 11) is -2.35. The molecular weight excluding hydrogens is 748 g/mol. The van der Waals surface area contributed by atoms with E-state index in [1.807, 2.05) is 37.4 Å². The second kappa shape index (κ2) is 19.5. The van der Waals surface area contributed by atoms with Crippen molar-refractivity contribution in [3.63, 3.8) is 0 Å². The molecule has 0 aliphatic heterocycles. The molecule has 0 heterocycles. The molecule has 4 rings (SSSR count). The van der Waals surface area contributed by atoms with Crippen LogP contribution in [0.2, 0.25) is 0 Å². The van der Waals surface area contributed by atoms with Gasteiger partial charge in [0.2, 0.25) is 0 Å². The summed E-state index contributed by atoms with van der Waals surface area (Å²) < 4.78 is 27.2. The Morgan fingerprint density at radius 2 is 1.14 bits per heavy atom. The van der Waals surface area contributed by atoms with Crippen LogP contribution in [0.25, 0.3) is 22.3 Å². The van der Waals surface area contributed by atoms with E-state index in [1.165, 1.54) is 33.4 Å². The number of benzene rings is 4. The maximum atomic E-state index is 9.08. The first-order valence-electron chi connectivity index (χ1n) is 17.3. The molecule has 0 aliphatic rings.